The van der Waals surface area contributed by atoms with Crippen LogP contribution in [0.2, 0.25) is 0 Å². The van der Waals surface area contributed by atoms with Gasteiger partial charge in [0.25, 0.3) is 0 Å². The molecule has 2 aromatic rings. The van der Waals surface area contributed by atoms with E-state index >= 15 is 0 Å². The Labute approximate surface area is 136 Å². The van der Waals surface area contributed by atoms with Gasteiger partial charge in [0, 0.05) is 13.1 Å². The van der Waals surface area contributed by atoms with Gasteiger partial charge in [-0.1, -0.05) is 6.92 Å². The maximum absolute atomic E-state index is 10.8. The van der Waals surface area contributed by atoms with Gasteiger partial charge in [0.15, 0.2) is 0 Å². The van der Waals surface area contributed by atoms with Crippen molar-refractivity contribution in [1.29, 1.82) is 0 Å². The predicted molar refractivity (Wildman–Crippen MR) is 91.3 cm³/mol. The number of nitrogens with one attached hydrogen (secondary N) is 1. The average molecular weight is 313 g/mol. The van der Waals surface area contributed by atoms with Crippen molar-refractivity contribution in [2.75, 3.05) is 7.05 Å². The number of aryl methyl sites for hydroxylation is 2. The average Bonchev–Trinajstić information content (AvgIpc) is 2.81. The van der Waals surface area contributed by atoms with Crippen molar-refractivity contribution >= 4 is 23.1 Å². The Kier molecular flexibility index (Phi) is 3.76. The molecule has 5 heteroatoms. The van der Waals surface area contributed by atoms with Gasteiger partial charge in [-0.25, -0.2) is 9.78 Å². The molecule has 23 heavy (non-hydrogen) atoms. The molecule has 1 fully saturated rings. The molecule has 3 rings (SSSR count). The van der Waals surface area contributed by atoms with Crippen molar-refractivity contribution < 1.29 is 9.90 Å². The predicted octanol–water partition coefficient (Wildman–Crippen LogP) is 2.82. The minimum Gasteiger partial charge on any atom is -0.478 e. The van der Waals surface area contributed by atoms with Gasteiger partial charge < -0.3 is 15.0 Å². The zero-order valence-electron chi connectivity index (χ0n) is 14.1. The molecule has 1 saturated carbocycles. The molecule has 1 aromatic heterocycles. The molecule has 2 N–H and O–H groups in total. The van der Waals surface area contributed by atoms with Crippen LogP contribution in [0.25, 0.3) is 17.1 Å². The van der Waals surface area contributed by atoms with E-state index in [1.807, 2.05) is 33.2 Å². The molecule has 0 amide bonds. The van der Waals surface area contributed by atoms with Crippen LogP contribution in [0.4, 0.5) is 0 Å². The standard InChI is InChI=1S/C18H23N3O2/c1-11-9-14-15(10-13(11)5-6-16(22)23)21(4)17(20-14)18(19-3)8-7-12(18)2/h5-6,9-10,12,19H,7-8H2,1-4H3,(H,22,23)/b6-5+/t12-,18?/m1/s1. The summed E-state index contributed by atoms with van der Waals surface area (Å²) < 4.78 is 2.14. The molecular weight excluding hydrogens is 290 g/mol. The molecule has 0 saturated heterocycles. The molecule has 1 aliphatic rings. The van der Waals surface area contributed by atoms with Gasteiger partial charge in [-0.15, -0.1) is 0 Å². The number of hydrogen-bond acceptors (Lipinski definition) is 3. The molecule has 2 atom stereocenters. The summed E-state index contributed by atoms with van der Waals surface area (Å²) in [6.07, 6.45) is 5.11. The van der Waals surface area contributed by atoms with Crippen LogP contribution in [-0.2, 0) is 17.4 Å². The number of aromatic nitrogens is 2. The first kappa shape index (κ1) is 15.7. The third kappa shape index (κ3) is 2.36. The van der Waals surface area contributed by atoms with Gasteiger partial charge in [-0.2, -0.15) is 0 Å². The quantitative estimate of drug-likeness (QED) is 0.852. The normalized spacial score (nSPS) is 24.3. The highest BCUT2D eigenvalue weighted by atomic mass is 16.4. The minimum absolute atomic E-state index is 0.0568. The second-order valence-corrected chi connectivity index (χ2v) is 6.52. The lowest BCUT2D eigenvalue weighted by Crippen LogP contribution is -2.54. The zero-order chi connectivity index (χ0) is 16.8. The maximum atomic E-state index is 10.8. The molecule has 0 aliphatic heterocycles. The van der Waals surface area contributed by atoms with E-state index in [1.165, 1.54) is 12.5 Å². The highest BCUT2D eigenvalue weighted by Gasteiger charge is 2.47. The van der Waals surface area contributed by atoms with E-state index in [4.69, 9.17) is 10.1 Å². The molecular formula is C18H23N3O2. The van der Waals surface area contributed by atoms with Crippen LogP contribution in [-0.4, -0.2) is 27.7 Å². The number of carboxylic acid groups (broad SMARTS) is 1. The lowest BCUT2D eigenvalue weighted by Gasteiger charge is -2.47. The smallest absolute Gasteiger partial charge is 0.328 e. The third-order valence-corrected chi connectivity index (χ3v) is 5.33. The number of aliphatic carboxylic acids is 1. The highest BCUT2D eigenvalue weighted by molar-refractivity contribution is 5.88. The number of imidazole rings is 1. The Morgan fingerprint density at radius 1 is 1.52 bits per heavy atom. The van der Waals surface area contributed by atoms with E-state index in [1.54, 1.807) is 6.08 Å². The molecule has 1 aromatic carbocycles. The van der Waals surface area contributed by atoms with Crippen molar-refractivity contribution in [3.8, 4) is 0 Å². The van der Waals surface area contributed by atoms with Crippen molar-refractivity contribution in [1.82, 2.24) is 14.9 Å². The van der Waals surface area contributed by atoms with Crippen molar-refractivity contribution in [2.45, 2.75) is 32.2 Å². The molecule has 1 aliphatic carbocycles. The van der Waals surface area contributed by atoms with Crippen LogP contribution in [0.5, 0.6) is 0 Å². The number of rotatable bonds is 4. The van der Waals surface area contributed by atoms with Crippen molar-refractivity contribution in [3.05, 3.63) is 35.2 Å². The van der Waals surface area contributed by atoms with Crippen LogP contribution in [0.3, 0.4) is 0 Å². The lowest BCUT2D eigenvalue weighted by molar-refractivity contribution is -0.131. The Balaban J connectivity index is 2.14. The van der Waals surface area contributed by atoms with E-state index in [-0.39, 0.29) is 5.54 Å². The maximum Gasteiger partial charge on any atom is 0.328 e. The van der Waals surface area contributed by atoms with Gasteiger partial charge in [-0.05, 0) is 62.1 Å². The van der Waals surface area contributed by atoms with Crippen LogP contribution in [0, 0.1) is 12.8 Å². The molecule has 5 nitrogen and oxygen atoms in total. The number of carbonyl (C=O) groups is 1. The fourth-order valence-corrected chi connectivity index (χ4v) is 3.64. The fourth-order valence-electron chi connectivity index (χ4n) is 3.64. The summed E-state index contributed by atoms with van der Waals surface area (Å²) >= 11 is 0. The number of nitrogens with zero attached hydrogens (tertiary/aromatic N) is 2. The molecule has 1 heterocycles. The monoisotopic (exact) mass is 313 g/mol. The summed E-state index contributed by atoms with van der Waals surface area (Å²) in [7, 11) is 4.04. The number of hydrogen-bond donors (Lipinski definition) is 2. The van der Waals surface area contributed by atoms with E-state index < -0.39 is 5.97 Å². The first-order valence-corrected chi connectivity index (χ1v) is 7.96. The summed E-state index contributed by atoms with van der Waals surface area (Å²) in [5.74, 6) is 0.677. The van der Waals surface area contributed by atoms with Gasteiger partial charge in [0.2, 0.25) is 0 Å². The van der Waals surface area contributed by atoms with E-state index in [0.29, 0.717) is 5.92 Å². The van der Waals surface area contributed by atoms with Crippen LogP contribution in [0.15, 0.2) is 18.2 Å². The first-order chi connectivity index (χ1) is 10.9. The summed E-state index contributed by atoms with van der Waals surface area (Å²) in [6.45, 7) is 4.24. The largest absolute Gasteiger partial charge is 0.478 e. The molecule has 0 bridgehead atoms. The second-order valence-electron chi connectivity index (χ2n) is 6.52. The topological polar surface area (TPSA) is 67.2 Å². The second kappa shape index (κ2) is 5.49. The van der Waals surface area contributed by atoms with Crippen LogP contribution >= 0.6 is 0 Å². The Morgan fingerprint density at radius 3 is 2.78 bits per heavy atom. The molecule has 0 spiro atoms. The van der Waals surface area contributed by atoms with E-state index in [9.17, 15) is 4.79 Å². The molecule has 0 radical (unpaired) electrons. The summed E-state index contributed by atoms with van der Waals surface area (Å²) in [6, 6.07) is 4.06. The number of benzene rings is 1. The summed E-state index contributed by atoms with van der Waals surface area (Å²) in [5.41, 5.74) is 3.87. The molecule has 1 unspecified atom stereocenters. The van der Waals surface area contributed by atoms with E-state index in [0.717, 1.165) is 34.4 Å². The van der Waals surface area contributed by atoms with Crippen molar-refractivity contribution in [2.24, 2.45) is 13.0 Å². The van der Waals surface area contributed by atoms with Crippen LogP contribution < -0.4 is 5.32 Å². The SMILES string of the molecule is CNC1(c2nc3cc(C)c(/C=C/C(=O)O)cc3n2C)CC[C@H]1C. The van der Waals surface area contributed by atoms with Gasteiger partial charge >= 0.3 is 5.97 Å². The zero-order valence-corrected chi connectivity index (χ0v) is 14.1. The van der Waals surface area contributed by atoms with Gasteiger partial charge in [0.05, 0.1) is 16.6 Å². The Morgan fingerprint density at radius 2 is 2.26 bits per heavy atom. The summed E-state index contributed by atoms with van der Waals surface area (Å²) in [4.78, 5) is 15.6. The van der Waals surface area contributed by atoms with Crippen LogP contribution in [0.1, 0.15) is 36.7 Å². The highest BCUT2D eigenvalue weighted by Crippen LogP contribution is 2.46. The first-order valence-electron chi connectivity index (χ1n) is 7.96. The minimum atomic E-state index is -0.937. The van der Waals surface area contributed by atoms with E-state index in [2.05, 4.69) is 16.8 Å². The third-order valence-electron chi connectivity index (χ3n) is 5.33. The van der Waals surface area contributed by atoms with Crippen molar-refractivity contribution in [3.63, 3.8) is 0 Å². The van der Waals surface area contributed by atoms with Gasteiger partial charge in [-0.3, -0.25) is 0 Å². The molecule has 122 valence electrons. The Hall–Kier alpha value is -2.14. The number of fused-ring (bicyclic) bond motifs is 1. The van der Waals surface area contributed by atoms with Gasteiger partial charge in [0.1, 0.15) is 5.82 Å². The number of carboxylic acids is 1. The fraction of sp³-hybridized carbons (Fsp3) is 0.444. The lowest BCUT2D eigenvalue weighted by atomic mass is 9.67. The summed E-state index contributed by atoms with van der Waals surface area (Å²) in [5, 5.41) is 12.3. The Bertz CT molecular complexity index is 802.